The molecule has 0 aromatic carbocycles. The third kappa shape index (κ3) is 1.54. The molecule has 2 aromatic heterocycles. The predicted molar refractivity (Wildman–Crippen MR) is 46.5 cm³/mol. The zero-order valence-corrected chi connectivity index (χ0v) is 6.88. The Balaban J connectivity index is 2.36. The Hall–Kier alpha value is -1.75. The van der Waals surface area contributed by atoms with Crippen LogP contribution < -0.4 is 10.7 Å². The van der Waals surface area contributed by atoms with Crippen molar-refractivity contribution in [1.82, 2.24) is 20.2 Å². The zero-order valence-electron chi connectivity index (χ0n) is 6.88. The van der Waals surface area contributed by atoms with Crippen molar-refractivity contribution in [2.75, 3.05) is 0 Å². The van der Waals surface area contributed by atoms with Crippen LogP contribution in [0.2, 0.25) is 0 Å². The highest BCUT2D eigenvalue weighted by molar-refractivity contribution is 5.52. The van der Waals surface area contributed by atoms with Crippen LogP contribution >= 0.6 is 0 Å². The van der Waals surface area contributed by atoms with Gasteiger partial charge in [-0.25, -0.2) is 0 Å². The molecule has 0 aliphatic rings. The molecule has 0 atom stereocenters. The van der Waals surface area contributed by atoms with Crippen LogP contribution in [0.25, 0.3) is 11.4 Å². The summed E-state index contributed by atoms with van der Waals surface area (Å²) in [7, 11) is 0. The van der Waals surface area contributed by atoms with E-state index < -0.39 is 0 Å². The fraction of sp³-hybridized carbons (Fsp3) is 0.125. The normalized spacial score (nSPS) is 10.2. The van der Waals surface area contributed by atoms with Crippen LogP contribution in [-0.4, -0.2) is 15.2 Å². The van der Waals surface area contributed by atoms with E-state index >= 15 is 0 Å². The summed E-state index contributed by atoms with van der Waals surface area (Å²) in [5.74, 6) is 1.16. The van der Waals surface area contributed by atoms with Gasteiger partial charge in [0.2, 0.25) is 0 Å². The summed E-state index contributed by atoms with van der Waals surface area (Å²) >= 11 is 0. The molecular formula is C8H8N5-. The van der Waals surface area contributed by atoms with Crippen molar-refractivity contribution in [3.63, 3.8) is 0 Å². The first-order valence-corrected chi connectivity index (χ1v) is 3.87. The van der Waals surface area contributed by atoms with Crippen molar-refractivity contribution in [2.24, 2.45) is 5.73 Å². The summed E-state index contributed by atoms with van der Waals surface area (Å²) < 4.78 is 0. The summed E-state index contributed by atoms with van der Waals surface area (Å²) in [5, 5.41) is 7.69. The molecule has 0 amide bonds. The Morgan fingerprint density at radius 3 is 2.62 bits per heavy atom. The third-order valence-corrected chi connectivity index (χ3v) is 1.62. The van der Waals surface area contributed by atoms with Crippen molar-refractivity contribution < 1.29 is 0 Å². The molecule has 0 bridgehead atoms. The highest BCUT2D eigenvalue weighted by Gasteiger charge is 1.93. The standard InChI is InChI=1S/C8H8N5/c9-5-7-11-8(13-12-7)6-1-3-10-4-2-6/h1-4H,5,9H2/q-1. The minimum Gasteiger partial charge on any atom is -0.360 e. The van der Waals surface area contributed by atoms with E-state index in [9.17, 15) is 0 Å². The van der Waals surface area contributed by atoms with Gasteiger partial charge in [-0.3, -0.25) is 4.98 Å². The van der Waals surface area contributed by atoms with Gasteiger partial charge in [-0.1, -0.05) is 0 Å². The summed E-state index contributed by atoms with van der Waals surface area (Å²) in [6, 6.07) is 3.66. The van der Waals surface area contributed by atoms with Crippen molar-refractivity contribution in [2.45, 2.75) is 6.54 Å². The van der Waals surface area contributed by atoms with Crippen LogP contribution in [0.3, 0.4) is 0 Å². The van der Waals surface area contributed by atoms with Gasteiger partial charge in [0, 0.05) is 30.6 Å². The Morgan fingerprint density at radius 1 is 1.23 bits per heavy atom. The smallest absolute Gasteiger partial charge is 0.0274 e. The minimum atomic E-state index is 0.318. The molecule has 5 heteroatoms. The number of nitrogens with two attached hydrogens (primary N) is 1. The fourth-order valence-electron chi connectivity index (χ4n) is 0.982. The van der Waals surface area contributed by atoms with Crippen LogP contribution in [0.4, 0.5) is 0 Å². The van der Waals surface area contributed by atoms with E-state index in [1.165, 1.54) is 0 Å². The lowest BCUT2D eigenvalue weighted by atomic mass is 10.2. The molecule has 0 spiro atoms. The van der Waals surface area contributed by atoms with Crippen molar-refractivity contribution in [3.05, 3.63) is 30.4 Å². The van der Waals surface area contributed by atoms with E-state index in [4.69, 9.17) is 5.73 Å². The van der Waals surface area contributed by atoms with Crippen LogP contribution in [0.5, 0.6) is 0 Å². The molecule has 0 saturated carbocycles. The largest absolute Gasteiger partial charge is 0.360 e. The monoisotopic (exact) mass is 174 g/mol. The number of hydrogen-bond acceptors (Lipinski definition) is 4. The van der Waals surface area contributed by atoms with Crippen molar-refractivity contribution in [1.29, 1.82) is 0 Å². The lowest BCUT2D eigenvalue weighted by Crippen LogP contribution is -1.99. The maximum absolute atomic E-state index is 5.36. The van der Waals surface area contributed by atoms with Crippen LogP contribution in [0, 0.1) is 0 Å². The molecular weight excluding hydrogens is 166 g/mol. The van der Waals surface area contributed by atoms with Crippen LogP contribution in [0.15, 0.2) is 24.5 Å². The van der Waals surface area contributed by atoms with E-state index in [1.54, 1.807) is 12.4 Å². The summed E-state index contributed by atoms with van der Waals surface area (Å²) in [4.78, 5) is 8.02. The van der Waals surface area contributed by atoms with Gasteiger partial charge in [-0.2, -0.15) is 0 Å². The Kier molecular flexibility index (Phi) is 2.01. The topological polar surface area (TPSA) is 78.8 Å². The van der Waals surface area contributed by atoms with Gasteiger partial charge in [0.05, 0.1) is 0 Å². The molecule has 5 nitrogen and oxygen atoms in total. The highest BCUT2D eigenvalue weighted by atomic mass is 15.2. The number of aromatic nitrogens is 4. The van der Waals surface area contributed by atoms with E-state index in [0.29, 0.717) is 18.2 Å². The SMILES string of the molecule is NCc1nnc(-c2ccncc2)[n-]1. The number of hydrogen-bond donors (Lipinski definition) is 1. The number of nitrogens with zero attached hydrogens (tertiary/aromatic N) is 4. The van der Waals surface area contributed by atoms with Gasteiger partial charge in [-0.15, -0.1) is 0 Å². The maximum Gasteiger partial charge on any atom is 0.0274 e. The molecule has 13 heavy (non-hydrogen) atoms. The van der Waals surface area contributed by atoms with E-state index in [1.807, 2.05) is 12.1 Å². The molecule has 2 heterocycles. The molecule has 2 N–H and O–H groups in total. The first kappa shape index (κ1) is 7.88. The molecule has 0 unspecified atom stereocenters. The molecule has 0 aliphatic heterocycles. The number of rotatable bonds is 2. The second-order valence-corrected chi connectivity index (χ2v) is 2.49. The predicted octanol–water partition coefficient (Wildman–Crippen LogP) is -0.0455. The molecule has 0 aliphatic carbocycles. The fourth-order valence-corrected chi connectivity index (χ4v) is 0.982. The first-order chi connectivity index (χ1) is 6.40. The Bertz CT molecular complexity index is 380. The van der Waals surface area contributed by atoms with Crippen molar-refractivity contribution >= 4 is 0 Å². The highest BCUT2D eigenvalue weighted by Crippen LogP contribution is 2.10. The van der Waals surface area contributed by atoms with Crippen LogP contribution in [-0.2, 0) is 6.54 Å². The average Bonchev–Trinajstić information content (AvgIpc) is 2.67. The third-order valence-electron chi connectivity index (χ3n) is 1.62. The lowest BCUT2D eigenvalue weighted by molar-refractivity contribution is 0.911. The van der Waals surface area contributed by atoms with E-state index in [0.717, 1.165) is 5.56 Å². The summed E-state index contributed by atoms with van der Waals surface area (Å²) in [5.41, 5.74) is 6.27. The van der Waals surface area contributed by atoms with Crippen LogP contribution in [0.1, 0.15) is 5.82 Å². The van der Waals surface area contributed by atoms with Gasteiger partial charge >= 0.3 is 0 Å². The average molecular weight is 174 g/mol. The summed E-state index contributed by atoms with van der Waals surface area (Å²) in [6.45, 7) is 0.318. The quantitative estimate of drug-likeness (QED) is 0.690. The molecule has 0 radical (unpaired) electrons. The summed E-state index contributed by atoms with van der Waals surface area (Å²) in [6.07, 6.45) is 3.38. The second-order valence-electron chi connectivity index (χ2n) is 2.49. The molecule has 0 saturated heterocycles. The first-order valence-electron chi connectivity index (χ1n) is 3.87. The minimum absolute atomic E-state index is 0.318. The molecule has 2 rings (SSSR count). The Morgan fingerprint density at radius 2 is 2.00 bits per heavy atom. The lowest BCUT2D eigenvalue weighted by Gasteiger charge is -1.98. The van der Waals surface area contributed by atoms with Gasteiger partial charge in [-0.05, 0) is 17.7 Å². The van der Waals surface area contributed by atoms with E-state index in [-0.39, 0.29) is 0 Å². The molecule has 66 valence electrons. The Labute approximate surface area is 75.0 Å². The van der Waals surface area contributed by atoms with Gasteiger partial charge < -0.3 is 20.9 Å². The van der Waals surface area contributed by atoms with Gasteiger partial charge in [0.25, 0.3) is 0 Å². The van der Waals surface area contributed by atoms with Crippen molar-refractivity contribution in [3.8, 4) is 11.4 Å². The number of pyridine rings is 1. The van der Waals surface area contributed by atoms with Gasteiger partial charge in [0.1, 0.15) is 0 Å². The van der Waals surface area contributed by atoms with Gasteiger partial charge in [0.15, 0.2) is 0 Å². The second kappa shape index (κ2) is 3.32. The molecule has 2 aromatic rings. The molecule has 0 fully saturated rings. The zero-order chi connectivity index (χ0) is 9.10. The van der Waals surface area contributed by atoms with E-state index in [2.05, 4.69) is 20.2 Å². The maximum atomic E-state index is 5.36.